The number of allylic oxidation sites excluding steroid dienone is 1. The zero-order chi connectivity index (χ0) is 25.1. The summed E-state index contributed by atoms with van der Waals surface area (Å²) in [5.41, 5.74) is 2.65. The molecule has 0 saturated carbocycles. The molecule has 0 aromatic heterocycles. The fourth-order valence-corrected chi connectivity index (χ4v) is 4.61. The zero-order valence-electron chi connectivity index (χ0n) is 19.8. The Balaban J connectivity index is 1.60. The van der Waals surface area contributed by atoms with Gasteiger partial charge in [0, 0.05) is 5.56 Å². The van der Waals surface area contributed by atoms with Gasteiger partial charge in [-0.25, -0.2) is 4.79 Å². The molecule has 0 fully saturated rings. The van der Waals surface area contributed by atoms with Crippen LogP contribution in [-0.2, 0) is 13.2 Å². The third kappa shape index (κ3) is 4.51. The van der Waals surface area contributed by atoms with Crippen LogP contribution < -0.4 is 10.1 Å². The summed E-state index contributed by atoms with van der Waals surface area (Å²) in [4.78, 5) is 26.7. The van der Waals surface area contributed by atoms with E-state index in [1.165, 1.54) is 4.90 Å². The van der Waals surface area contributed by atoms with Crippen LogP contribution in [0.1, 0.15) is 29.7 Å². The largest absolute Gasteiger partial charge is 0.489 e. The van der Waals surface area contributed by atoms with E-state index in [0.29, 0.717) is 23.6 Å². The summed E-state index contributed by atoms with van der Waals surface area (Å²) < 4.78 is 6.20. The van der Waals surface area contributed by atoms with E-state index in [1.54, 1.807) is 6.92 Å². The normalized spacial score (nSPS) is 15.6. The van der Waals surface area contributed by atoms with Crippen LogP contribution in [0.15, 0.2) is 108 Å². The second-order valence-corrected chi connectivity index (χ2v) is 8.65. The number of nitro groups is 1. The number of carbonyl (C=O) groups is 1. The van der Waals surface area contributed by atoms with Gasteiger partial charge < -0.3 is 10.1 Å². The quantitative estimate of drug-likeness (QED) is 0.253. The highest BCUT2D eigenvalue weighted by molar-refractivity contribution is 5.90. The van der Waals surface area contributed by atoms with Crippen molar-refractivity contribution in [3.63, 3.8) is 0 Å². The van der Waals surface area contributed by atoms with Gasteiger partial charge in [-0.3, -0.25) is 15.0 Å². The molecule has 7 nitrogen and oxygen atoms in total. The van der Waals surface area contributed by atoms with Crippen LogP contribution in [0.4, 0.5) is 4.79 Å². The van der Waals surface area contributed by atoms with Crippen molar-refractivity contribution in [2.45, 2.75) is 26.1 Å². The van der Waals surface area contributed by atoms with Crippen molar-refractivity contribution in [2.75, 3.05) is 0 Å². The molecular weight excluding hydrogens is 454 g/mol. The Labute approximate surface area is 208 Å². The van der Waals surface area contributed by atoms with E-state index >= 15 is 0 Å². The second-order valence-electron chi connectivity index (χ2n) is 8.65. The molecule has 0 spiro atoms. The number of fused-ring (bicyclic) bond motifs is 1. The van der Waals surface area contributed by atoms with E-state index in [-0.39, 0.29) is 12.2 Å². The highest BCUT2D eigenvalue weighted by atomic mass is 16.6. The van der Waals surface area contributed by atoms with Crippen LogP contribution >= 0.6 is 0 Å². The Kier molecular flexibility index (Phi) is 6.36. The molecule has 5 rings (SSSR count). The lowest BCUT2D eigenvalue weighted by molar-refractivity contribution is -0.433. The van der Waals surface area contributed by atoms with E-state index in [2.05, 4.69) is 5.32 Å². The molecule has 0 aliphatic carbocycles. The lowest BCUT2D eigenvalue weighted by atomic mass is 9.93. The maximum atomic E-state index is 13.3. The Morgan fingerprint density at radius 1 is 0.889 bits per heavy atom. The third-order valence-electron chi connectivity index (χ3n) is 6.40. The first-order chi connectivity index (χ1) is 17.5. The Morgan fingerprint density at radius 2 is 1.53 bits per heavy atom. The number of nitrogens with one attached hydrogen (secondary N) is 1. The summed E-state index contributed by atoms with van der Waals surface area (Å²) in [5.74, 6) is 0.492. The molecule has 4 aromatic carbocycles. The first kappa shape index (κ1) is 23.1. The minimum Gasteiger partial charge on any atom is -0.489 e. The van der Waals surface area contributed by atoms with E-state index in [4.69, 9.17) is 4.74 Å². The molecule has 2 amide bonds. The van der Waals surface area contributed by atoms with Gasteiger partial charge in [0.2, 0.25) is 0 Å². The van der Waals surface area contributed by atoms with Crippen molar-refractivity contribution in [2.24, 2.45) is 0 Å². The predicted octanol–water partition coefficient (Wildman–Crippen LogP) is 6.19. The monoisotopic (exact) mass is 479 g/mol. The van der Waals surface area contributed by atoms with Gasteiger partial charge in [-0.15, -0.1) is 0 Å². The molecule has 1 N–H and O–H groups in total. The number of hydrogen-bond donors (Lipinski definition) is 1. The van der Waals surface area contributed by atoms with Gasteiger partial charge in [0.15, 0.2) is 6.04 Å². The Hall–Kier alpha value is -4.65. The van der Waals surface area contributed by atoms with Crippen LogP contribution in [0.25, 0.3) is 10.8 Å². The maximum Gasteiger partial charge on any atom is 0.323 e. The van der Waals surface area contributed by atoms with Gasteiger partial charge in [-0.05, 0) is 34.9 Å². The molecular formula is C29H25N3O4. The van der Waals surface area contributed by atoms with Crippen LogP contribution in [0.5, 0.6) is 5.75 Å². The number of carbonyl (C=O) groups excluding carboxylic acids is 1. The van der Waals surface area contributed by atoms with Gasteiger partial charge in [-0.1, -0.05) is 91.0 Å². The topological polar surface area (TPSA) is 84.7 Å². The minimum absolute atomic E-state index is 0.0774. The molecule has 36 heavy (non-hydrogen) atoms. The molecule has 1 aliphatic rings. The fraction of sp³-hybridized carbons (Fsp3) is 0.138. The smallest absolute Gasteiger partial charge is 0.323 e. The molecule has 1 heterocycles. The number of ether oxygens (including phenoxy) is 1. The van der Waals surface area contributed by atoms with E-state index < -0.39 is 17.0 Å². The fourth-order valence-electron chi connectivity index (χ4n) is 4.61. The molecule has 1 unspecified atom stereocenters. The third-order valence-corrected chi connectivity index (χ3v) is 6.40. The predicted molar refractivity (Wildman–Crippen MR) is 138 cm³/mol. The van der Waals surface area contributed by atoms with Gasteiger partial charge in [-0.2, -0.15) is 0 Å². The number of benzene rings is 4. The summed E-state index contributed by atoms with van der Waals surface area (Å²) in [5, 5.41) is 17.0. The van der Waals surface area contributed by atoms with Crippen molar-refractivity contribution >= 4 is 16.8 Å². The molecule has 1 aliphatic heterocycles. The number of nitrogens with zero attached hydrogens (tertiary/aromatic N) is 2. The maximum absolute atomic E-state index is 13.3. The SMILES string of the molecule is CC1=C([N+](=O)[O-])C(c2c(OCc3ccccc3)ccc3ccccc23)NC(=O)N1Cc1ccccc1. The number of amides is 2. The highest BCUT2D eigenvalue weighted by Gasteiger charge is 2.41. The van der Waals surface area contributed by atoms with Crippen LogP contribution in [-0.4, -0.2) is 15.9 Å². The summed E-state index contributed by atoms with van der Waals surface area (Å²) in [6.07, 6.45) is 0. The van der Waals surface area contributed by atoms with Gasteiger partial charge in [0.05, 0.1) is 17.2 Å². The lowest BCUT2D eigenvalue weighted by Gasteiger charge is -2.33. The molecule has 0 bridgehead atoms. The van der Waals surface area contributed by atoms with Crippen molar-refractivity contribution in [1.29, 1.82) is 0 Å². The summed E-state index contributed by atoms with van der Waals surface area (Å²) in [6.45, 7) is 2.15. The molecule has 7 heteroatoms. The molecule has 0 radical (unpaired) electrons. The molecule has 1 atom stereocenters. The van der Waals surface area contributed by atoms with Crippen LogP contribution in [0.3, 0.4) is 0 Å². The Morgan fingerprint density at radius 3 is 2.22 bits per heavy atom. The second kappa shape index (κ2) is 9.92. The molecule has 4 aromatic rings. The van der Waals surface area contributed by atoms with E-state index in [9.17, 15) is 14.9 Å². The molecule has 0 saturated heterocycles. The number of urea groups is 1. The van der Waals surface area contributed by atoms with Crippen molar-refractivity contribution < 1.29 is 14.5 Å². The summed E-state index contributed by atoms with van der Waals surface area (Å²) in [6, 6.07) is 29.1. The van der Waals surface area contributed by atoms with E-state index in [0.717, 1.165) is 21.9 Å². The number of rotatable bonds is 7. The van der Waals surface area contributed by atoms with Gasteiger partial charge in [0.25, 0.3) is 5.70 Å². The summed E-state index contributed by atoms with van der Waals surface area (Å²) in [7, 11) is 0. The first-order valence-corrected chi connectivity index (χ1v) is 11.7. The van der Waals surface area contributed by atoms with Crippen molar-refractivity contribution in [3.05, 3.63) is 135 Å². The van der Waals surface area contributed by atoms with Crippen LogP contribution in [0.2, 0.25) is 0 Å². The number of hydrogen-bond acceptors (Lipinski definition) is 4. The average molecular weight is 480 g/mol. The Bertz CT molecular complexity index is 1450. The minimum atomic E-state index is -0.976. The van der Waals surface area contributed by atoms with Crippen molar-refractivity contribution in [1.82, 2.24) is 10.2 Å². The van der Waals surface area contributed by atoms with Crippen molar-refractivity contribution in [3.8, 4) is 5.75 Å². The zero-order valence-corrected chi connectivity index (χ0v) is 19.8. The van der Waals surface area contributed by atoms with Crippen LogP contribution in [0, 0.1) is 10.1 Å². The van der Waals surface area contributed by atoms with Gasteiger partial charge >= 0.3 is 6.03 Å². The van der Waals surface area contributed by atoms with E-state index in [1.807, 2.05) is 97.1 Å². The first-order valence-electron chi connectivity index (χ1n) is 11.7. The standard InChI is InChI=1S/C29H25N3O4/c1-20-28(32(34)35)27(30-29(33)31(20)18-21-10-4-2-5-11-21)26-24-15-9-8-14-23(24)16-17-25(26)36-19-22-12-6-3-7-13-22/h2-17,27H,18-19H2,1H3,(H,30,33). The van der Waals surface area contributed by atoms with Gasteiger partial charge in [0.1, 0.15) is 12.4 Å². The summed E-state index contributed by atoms with van der Waals surface area (Å²) >= 11 is 0. The average Bonchev–Trinajstić information content (AvgIpc) is 2.90. The molecule has 180 valence electrons. The highest BCUT2D eigenvalue weighted by Crippen LogP contribution is 2.40. The lowest BCUT2D eigenvalue weighted by Crippen LogP contribution is -2.47.